The van der Waals surface area contributed by atoms with E-state index >= 15 is 0 Å². The third-order valence-electron chi connectivity index (χ3n) is 4.50. The number of aryl methyl sites for hydroxylation is 1. The van der Waals surface area contributed by atoms with Crippen LogP contribution in [-0.2, 0) is 11.2 Å². The smallest absolute Gasteiger partial charge is 0.353 e. The van der Waals surface area contributed by atoms with E-state index < -0.39 is 12.1 Å². The molecular formula is C21H17N3O3S. The number of carbonyl (C=O) groups excluding carboxylic acids is 2. The largest absolute Gasteiger partial charge is 0.445 e. The quantitative estimate of drug-likeness (QED) is 0.390. The molecule has 0 aliphatic carbocycles. The van der Waals surface area contributed by atoms with Gasteiger partial charge in [-0.2, -0.15) is 0 Å². The molecule has 0 amide bonds. The zero-order valence-corrected chi connectivity index (χ0v) is 15.9. The minimum absolute atomic E-state index is 0.285. The lowest BCUT2D eigenvalue weighted by Crippen LogP contribution is -2.20. The second kappa shape index (κ2) is 7.74. The average Bonchev–Trinajstić information content (AvgIpc) is 3.39. The van der Waals surface area contributed by atoms with Crippen molar-refractivity contribution in [2.24, 2.45) is 0 Å². The van der Waals surface area contributed by atoms with Crippen molar-refractivity contribution in [2.45, 2.75) is 19.4 Å². The predicted octanol–water partition coefficient (Wildman–Crippen LogP) is 4.36. The van der Waals surface area contributed by atoms with Crippen LogP contribution >= 0.6 is 11.5 Å². The topological polar surface area (TPSA) is 84.9 Å². The molecule has 0 aliphatic heterocycles. The Morgan fingerprint density at radius 2 is 1.86 bits per heavy atom. The molecule has 0 saturated heterocycles. The van der Waals surface area contributed by atoms with Crippen molar-refractivity contribution in [3.05, 3.63) is 82.5 Å². The van der Waals surface area contributed by atoms with E-state index in [-0.39, 0.29) is 5.78 Å². The molecule has 6 nitrogen and oxygen atoms in total. The van der Waals surface area contributed by atoms with Crippen LogP contribution in [0.15, 0.2) is 60.8 Å². The van der Waals surface area contributed by atoms with E-state index in [2.05, 4.69) is 14.6 Å². The fraction of sp³-hybridized carbons (Fsp3) is 0.143. The second-order valence-corrected chi connectivity index (χ2v) is 6.96. The van der Waals surface area contributed by atoms with Gasteiger partial charge in [-0.05, 0) is 24.0 Å². The number of aromatic nitrogens is 3. The minimum atomic E-state index is -1.06. The summed E-state index contributed by atoms with van der Waals surface area (Å²) in [7, 11) is 0. The molecule has 4 aromatic rings. The van der Waals surface area contributed by atoms with Crippen molar-refractivity contribution in [3.8, 4) is 0 Å². The number of H-pyrrole nitrogens is 1. The number of nitrogens with one attached hydrogen (secondary N) is 1. The van der Waals surface area contributed by atoms with Crippen LogP contribution in [0.25, 0.3) is 10.9 Å². The number of rotatable bonds is 6. The molecule has 0 bridgehead atoms. The highest BCUT2D eigenvalue weighted by atomic mass is 32.1. The number of esters is 1. The molecule has 0 spiro atoms. The molecule has 0 radical (unpaired) electrons. The SMILES string of the molecule is CCc1nnsc1C(=O)O[C@H](C(=O)c1c[nH]c2ccccc12)c1ccccc1. The first-order valence-electron chi connectivity index (χ1n) is 8.86. The number of nitrogens with zero attached hydrogens (tertiary/aromatic N) is 2. The first kappa shape index (κ1) is 18.1. The normalized spacial score (nSPS) is 12.0. The van der Waals surface area contributed by atoms with E-state index in [0.717, 1.165) is 22.4 Å². The highest BCUT2D eigenvalue weighted by molar-refractivity contribution is 7.07. The van der Waals surface area contributed by atoms with Crippen LogP contribution in [0.4, 0.5) is 0 Å². The standard InChI is InChI=1S/C21H17N3O3S/c1-2-16-20(28-24-23-16)21(26)27-19(13-8-4-3-5-9-13)18(25)15-12-22-17-11-7-6-10-14(15)17/h3-12,19,22H,2H2,1H3/t19-/m0/s1. The summed E-state index contributed by atoms with van der Waals surface area (Å²) in [5.41, 5.74) is 2.52. The summed E-state index contributed by atoms with van der Waals surface area (Å²) < 4.78 is 9.52. The van der Waals surface area contributed by atoms with E-state index in [0.29, 0.717) is 28.1 Å². The van der Waals surface area contributed by atoms with Gasteiger partial charge in [-0.15, -0.1) is 5.10 Å². The van der Waals surface area contributed by atoms with Crippen LogP contribution in [0.2, 0.25) is 0 Å². The Bertz CT molecular complexity index is 1130. The van der Waals surface area contributed by atoms with Gasteiger partial charge in [0.15, 0.2) is 11.0 Å². The van der Waals surface area contributed by atoms with Gasteiger partial charge >= 0.3 is 5.97 Å². The number of aromatic amines is 1. The van der Waals surface area contributed by atoms with Crippen LogP contribution in [-0.4, -0.2) is 26.3 Å². The summed E-state index contributed by atoms with van der Waals surface area (Å²) in [6.45, 7) is 1.89. The highest BCUT2D eigenvalue weighted by Gasteiger charge is 2.30. The molecule has 1 N–H and O–H groups in total. The van der Waals surface area contributed by atoms with Crippen LogP contribution < -0.4 is 0 Å². The Kier molecular flexibility index (Phi) is 4.99. The van der Waals surface area contributed by atoms with Gasteiger partial charge in [-0.1, -0.05) is 59.9 Å². The van der Waals surface area contributed by atoms with E-state index in [1.807, 2.05) is 49.4 Å². The van der Waals surface area contributed by atoms with Crippen molar-refractivity contribution in [1.29, 1.82) is 0 Å². The Morgan fingerprint density at radius 1 is 1.11 bits per heavy atom. The van der Waals surface area contributed by atoms with E-state index in [9.17, 15) is 9.59 Å². The molecular weight excluding hydrogens is 374 g/mol. The molecule has 1 atom stereocenters. The molecule has 7 heteroatoms. The van der Waals surface area contributed by atoms with Crippen LogP contribution in [0.5, 0.6) is 0 Å². The molecule has 0 saturated carbocycles. The summed E-state index contributed by atoms with van der Waals surface area (Å²) in [5, 5.41) is 4.74. The number of carbonyl (C=O) groups is 2. The number of benzene rings is 2. The molecule has 0 aliphatic rings. The molecule has 0 unspecified atom stereocenters. The van der Waals surface area contributed by atoms with Crippen LogP contribution in [0.3, 0.4) is 0 Å². The number of hydrogen-bond acceptors (Lipinski definition) is 6. The third-order valence-corrected chi connectivity index (χ3v) is 5.24. The van der Waals surface area contributed by atoms with Gasteiger partial charge in [-0.25, -0.2) is 4.79 Å². The molecule has 2 aromatic carbocycles. The summed E-state index contributed by atoms with van der Waals surface area (Å²) in [4.78, 5) is 29.5. The number of ether oxygens (including phenoxy) is 1. The van der Waals surface area contributed by atoms with Crippen LogP contribution in [0.1, 0.15) is 44.3 Å². The van der Waals surface area contributed by atoms with Gasteiger partial charge in [0.25, 0.3) is 0 Å². The fourth-order valence-electron chi connectivity index (χ4n) is 3.07. The van der Waals surface area contributed by atoms with E-state index in [4.69, 9.17) is 4.74 Å². The summed E-state index contributed by atoms with van der Waals surface area (Å²) in [6, 6.07) is 16.5. The number of hydrogen-bond donors (Lipinski definition) is 1. The van der Waals surface area contributed by atoms with E-state index in [1.54, 1.807) is 18.3 Å². The van der Waals surface area contributed by atoms with Gasteiger partial charge in [0.05, 0.1) is 5.69 Å². The second-order valence-electron chi connectivity index (χ2n) is 6.21. The molecule has 0 fully saturated rings. The predicted molar refractivity (Wildman–Crippen MR) is 107 cm³/mol. The van der Waals surface area contributed by atoms with Gasteiger partial charge in [0.1, 0.15) is 0 Å². The van der Waals surface area contributed by atoms with Gasteiger partial charge in [-0.3, -0.25) is 4.79 Å². The van der Waals surface area contributed by atoms with Gasteiger partial charge in [0.2, 0.25) is 5.78 Å². The monoisotopic (exact) mass is 391 g/mol. The maximum Gasteiger partial charge on any atom is 0.353 e. The Hall–Kier alpha value is -3.32. The van der Waals surface area contributed by atoms with Crippen molar-refractivity contribution in [1.82, 2.24) is 14.6 Å². The third kappa shape index (κ3) is 3.32. The molecule has 4 rings (SSSR count). The average molecular weight is 391 g/mol. The highest BCUT2D eigenvalue weighted by Crippen LogP contribution is 2.28. The van der Waals surface area contributed by atoms with Crippen molar-refractivity contribution < 1.29 is 14.3 Å². The van der Waals surface area contributed by atoms with Gasteiger partial charge < -0.3 is 9.72 Å². The number of Topliss-reactive ketones (excluding diaryl/α,β-unsaturated/α-hetero) is 1. The number of para-hydroxylation sites is 1. The summed E-state index contributed by atoms with van der Waals surface area (Å²) in [6.07, 6.45) is 1.16. The lowest BCUT2D eigenvalue weighted by atomic mass is 9.99. The Labute approximate surface area is 165 Å². The summed E-state index contributed by atoms with van der Waals surface area (Å²) in [5.74, 6) is -0.874. The first-order valence-corrected chi connectivity index (χ1v) is 9.64. The lowest BCUT2D eigenvalue weighted by molar-refractivity contribution is 0.0284. The lowest BCUT2D eigenvalue weighted by Gasteiger charge is -2.17. The molecule has 2 aromatic heterocycles. The number of fused-ring (bicyclic) bond motifs is 1. The van der Waals surface area contributed by atoms with Crippen molar-refractivity contribution in [2.75, 3.05) is 0 Å². The Balaban J connectivity index is 1.72. The maximum absolute atomic E-state index is 13.4. The minimum Gasteiger partial charge on any atom is -0.445 e. The molecule has 28 heavy (non-hydrogen) atoms. The van der Waals surface area contributed by atoms with E-state index in [1.165, 1.54) is 0 Å². The molecule has 140 valence electrons. The summed E-state index contributed by atoms with van der Waals surface area (Å²) >= 11 is 0.978. The molecule has 2 heterocycles. The Morgan fingerprint density at radius 3 is 2.64 bits per heavy atom. The first-order chi connectivity index (χ1) is 13.7. The fourth-order valence-corrected chi connectivity index (χ4v) is 3.71. The maximum atomic E-state index is 13.4. The van der Waals surface area contributed by atoms with Gasteiger partial charge in [0, 0.05) is 28.2 Å². The van der Waals surface area contributed by atoms with Crippen molar-refractivity contribution in [3.63, 3.8) is 0 Å². The van der Waals surface area contributed by atoms with Crippen LogP contribution in [0, 0.1) is 0 Å². The zero-order valence-electron chi connectivity index (χ0n) is 15.1. The number of ketones is 1. The van der Waals surface area contributed by atoms with Crippen molar-refractivity contribution >= 4 is 34.2 Å². The zero-order chi connectivity index (χ0) is 19.5.